The van der Waals surface area contributed by atoms with Gasteiger partial charge in [-0.15, -0.1) is 0 Å². The van der Waals surface area contributed by atoms with Gasteiger partial charge in [-0.2, -0.15) is 0 Å². The number of fused-ring (bicyclic) bond motifs is 1. The topological polar surface area (TPSA) is 24.5 Å². The van der Waals surface area contributed by atoms with Crippen molar-refractivity contribution in [3.05, 3.63) is 35.4 Å². The fourth-order valence-electron chi connectivity index (χ4n) is 3.28. The number of aryl methyl sites for hydroxylation is 1. The number of hydrogen-bond donors (Lipinski definition) is 1. The van der Waals surface area contributed by atoms with Crippen LogP contribution in [0.3, 0.4) is 0 Å². The molecule has 1 N–H and O–H groups in total. The largest absolute Gasteiger partial charge is 0.377 e. The third kappa shape index (κ3) is 4.29. The van der Waals surface area contributed by atoms with E-state index in [9.17, 15) is 0 Å². The Kier molecular flexibility index (Phi) is 6.22. The molecular formula is C18H30N2O. The first kappa shape index (κ1) is 16.5. The Morgan fingerprint density at radius 2 is 2.10 bits per heavy atom. The summed E-state index contributed by atoms with van der Waals surface area (Å²) in [6.07, 6.45) is 2.71. The van der Waals surface area contributed by atoms with E-state index in [1.165, 1.54) is 24.0 Å². The molecule has 1 aliphatic rings. The normalized spacial score (nSPS) is 21.8. The molecule has 0 amide bonds. The first-order valence-corrected chi connectivity index (χ1v) is 8.26. The van der Waals surface area contributed by atoms with Crippen LogP contribution < -0.4 is 5.32 Å². The maximum absolute atomic E-state index is 5.71. The molecule has 0 aromatic heterocycles. The highest BCUT2D eigenvalue weighted by molar-refractivity contribution is 5.34. The summed E-state index contributed by atoms with van der Waals surface area (Å²) < 4.78 is 5.71. The van der Waals surface area contributed by atoms with Gasteiger partial charge in [0.15, 0.2) is 0 Å². The van der Waals surface area contributed by atoms with Crippen LogP contribution >= 0.6 is 0 Å². The Morgan fingerprint density at radius 1 is 1.33 bits per heavy atom. The second-order valence-electron chi connectivity index (χ2n) is 6.24. The van der Waals surface area contributed by atoms with E-state index in [0.717, 1.165) is 19.7 Å². The van der Waals surface area contributed by atoms with Crippen LogP contribution in [0.15, 0.2) is 24.3 Å². The smallest absolute Gasteiger partial charge is 0.0596 e. The molecule has 118 valence electrons. The highest BCUT2D eigenvalue weighted by Gasteiger charge is 2.31. The lowest BCUT2D eigenvalue weighted by atomic mass is 9.83. The molecule has 1 aromatic rings. The molecule has 0 spiro atoms. The number of nitrogens with zero attached hydrogens (tertiary/aromatic N) is 1. The van der Waals surface area contributed by atoms with Gasteiger partial charge in [0.1, 0.15) is 0 Å². The van der Waals surface area contributed by atoms with Crippen LogP contribution in [-0.2, 0) is 11.2 Å². The number of likely N-dealkylation sites (N-methyl/N-ethyl adjacent to an activating group) is 2. The Labute approximate surface area is 129 Å². The van der Waals surface area contributed by atoms with E-state index >= 15 is 0 Å². The molecule has 0 saturated carbocycles. The molecule has 1 aliphatic carbocycles. The van der Waals surface area contributed by atoms with Gasteiger partial charge in [-0.05, 0) is 51.4 Å². The molecule has 3 heteroatoms. The highest BCUT2D eigenvalue weighted by Crippen LogP contribution is 2.32. The lowest BCUT2D eigenvalue weighted by Gasteiger charge is -2.39. The van der Waals surface area contributed by atoms with Gasteiger partial charge in [0.25, 0.3) is 0 Å². The van der Waals surface area contributed by atoms with E-state index in [1.54, 1.807) is 0 Å². The van der Waals surface area contributed by atoms with Crippen molar-refractivity contribution >= 4 is 0 Å². The fourth-order valence-corrected chi connectivity index (χ4v) is 3.28. The molecule has 3 nitrogen and oxygen atoms in total. The molecule has 21 heavy (non-hydrogen) atoms. The summed E-state index contributed by atoms with van der Waals surface area (Å²) in [5.74, 6) is 0. The van der Waals surface area contributed by atoms with Crippen molar-refractivity contribution in [2.75, 3.05) is 26.7 Å². The number of hydrogen-bond acceptors (Lipinski definition) is 3. The number of rotatable bonds is 7. The second-order valence-corrected chi connectivity index (χ2v) is 6.24. The summed E-state index contributed by atoms with van der Waals surface area (Å²) in [6.45, 7) is 9.19. The predicted octanol–water partition coefficient (Wildman–Crippen LogP) is 3.01. The van der Waals surface area contributed by atoms with Crippen LogP contribution in [0.1, 0.15) is 44.4 Å². The first-order valence-electron chi connectivity index (χ1n) is 8.26. The number of ether oxygens (including phenoxy) is 1. The minimum Gasteiger partial charge on any atom is -0.377 e. The fraction of sp³-hybridized carbons (Fsp3) is 0.667. The molecule has 0 saturated heterocycles. The van der Waals surface area contributed by atoms with Gasteiger partial charge in [-0.25, -0.2) is 0 Å². The number of benzene rings is 1. The summed E-state index contributed by atoms with van der Waals surface area (Å²) in [4.78, 5) is 2.46. The average molecular weight is 290 g/mol. The first-order chi connectivity index (χ1) is 10.1. The van der Waals surface area contributed by atoms with E-state index in [1.807, 2.05) is 0 Å². The Hall–Kier alpha value is -0.900. The molecule has 0 fully saturated rings. The van der Waals surface area contributed by atoms with Crippen LogP contribution in [0.2, 0.25) is 0 Å². The maximum Gasteiger partial charge on any atom is 0.0596 e. The molecule has 0 heterocycles. The molecule has 2 rings (SSSR count). The third-order valence-corrected chi connectivity index (χ3v) is 4.37. The highest BCUT2D eigenvalue weighted by atomic mass is 16.5. The van der Waals surface area contributed by atoms with Crippen molar-refractivity contribution in [2.45, 2.75) is 51.8 Å². The van der Waals surface area contributed by atoms with Gasteiger partial charge in [-0.3, -0.25) is 4.90 Å². The summed E-state index contributed by atoms with van der Waals surface area (Å²) in [7, 11) is 2.23. The van der Waals surface area contributed by atoms with Crippen LogP contribution in [-0.4, -0.2) is 43.8 Å². The van der Waals surface area contributed by atoms with Gasteiger partial charge in [0.2, 0.25) is 0 Å². The zero-order chi connectivity index (χ0) is 15.2. The van der Waals surface area contributed by atoms with Gasteiger partial charge < -0.3 is 10.1 Å². The van der Waals surface area contributed by atoms with E-state index in [2.05, 4.69) is 62.3 Å². The quantitative estimate of drug-likeness (QED) is 0.835. The Bertz CT molecular complexity index is 433. The van der Waals surface area contributed by atoms with Gasteiger partial charge >= 0.3 is 0 Å². The second kappa shape index (κ2) is 7.92. The molecule has 2 atom stereocenters. The SMILES string of the molecule is CCNC1c2ccccc2CCC1N(C)CCOC(C)C. The zero-order valence-corrected chi connectivity index (χ0v) is 13.9. The molecule has 0 aliphatic heterocycles. The Morgan fingerprint density at radius 3 is 2.81 bits per heavy atom. The molecule has 1 aromatic carbocycles. The molecule has 0 radical (unpaired) electrons. The van der Waals surface area contributed by atoms with Crippen molar-refractivity contribution in [1.29, 1.82) is 0 Å². The van der Waals surface area contributed by atoms with E-state index in [0.29, 0.717) is 18.2 Å². The summed E-state index contributed by atoms with van der Waals surface area (Å²) in [5, 5.41) is 3.69. The van der Waals surface area contributed by atoms with Gasteiger partial charge in [-0.1, -0.05) is 31.2 Å². The zero-order valence-electron chi connectivity index (χ0n) is 13.9. The van der Waals surface area contributed by atoms with Crippen molar-refractivity contribution < 1.29 is 4.74 Å². The lowest BCUT2D eigenvalue weighted by Crippen LogP contribution is -2.46. The summed E-state index contributed by atoms with van der Waals surface area (Å²) in [6, 6.07) is 9.86. The maximum atomic E-state index is 5.71. The number of nitrogens with one attached hydrogen (secondary N) is 1. The van der Waals surface area contributed by atoms with Gasteiger partial charge in [0, 0.05) is 18.6 Å². The standard InChI is InChI=1S/C18H30N2O/c1-5-19-18-16-9-7-6-8-15(16)10-11-17(18)20(4)12-13-21-14(2)3/h6-9,14,17-19H,5,10-13H2,1-4H3. The van der Waals surface area contributed by atoms with Crippen molar-refractivity contribution in [2.24, 2.45) is 0 Å². The molecule has 2 unspecified atom stereocenters. The van der Waals surface area contributed by atoms with Crippen LogP contribution in [0.5, 0.6) is 0 Å². The van der Waals surface area contributed by atoms with E-state index in [4.69, 9.17) is 4.74 Å². The lowest BCUT2D eigenvalue weighted by molar-refractivity contribution is 0.0490. The molecule has 0 bridgehead atoms. The van der Waals surface area contributed by atoms with E-state index < -0.39 is 0 Å². The monoisotopic (exact) mass is 290 g/mol. The summed E-state index contributed by atoms with van der Waals surface area (Å²) >= 11 is 0. The molecular weight excluding hydrogens is 260 g/mol. The predicted molar refractivity (Wildman–Crippen MR) is 88.7 cm³/mol. The van der Waals surface area contributed by atoms with Crippen molar-refractivity contribution in [3.8, 4) is 0 Å². The minimum atomic E-state index is 0.315. The average Bonchev–Trinajstić information content (AvgIpc) is 2.47. The van der Waals surface area contributed by atoms with Crippen molar-refractivity contribution in [3.63, 3.8) is 0 Å². The van der Waals surface area contributed by atoms with Crippen LogP contribution in [0.4, 0.5) is 0 Å². The third-order valence-electron chi connectivity index (χ3n) is 4.37. The Balaban J connectivity index is 2.05. The van der Waals surface area contributed by atoms with E-state index in [-0.39, 0.29) is 0 Å². The van der Waals surface area contributed by atoms with Gasteiger partial charge in [0.05, 0.1) is 12.7 Å². The minimum absolute atomic E-state index is 0.315. The summed E-state index contributed by atoms with van der Waals surface area (Å²) in [5.41, 5.74) is 2.98. The van der Waals surface area contributed by atoms with Crippen LogP contribution in [0, 0.1) is 0 Å². The van der Waals surface area contributed by atoms with Crippen LogP contribution in [0.25, 0.3) is 0 Å². The van der Waals surface area contributed by atoms with Crippen molar-refractivity contribution in [1.82, 2.24) is 10.2 Å².